The van der Waals surface area contributed by atoms with Gasteiger partial charge in [-0.3, -0.25) is 4.79 Å². The molecule has 1 saturated carbocycles. The van der Waals surface area contributed by atoms with Gasteiger partial charge in [-0.05, 0) is 30.4 Å². The zero-order valence-corrected chi connectivity index (χ0v) is 9.93. The Morgan fingerprint density at radius 1 is 1.18 bits per heavy atom. The van der Waals surface area contributed by atoms with Gasteiger partial charge in [0.15, 0.2) is 0 Å². The maximum absolute atomic E-state index is 11.8. The molecule has 1 aromatic rings. The smallest absolute Gasteiger partial charge is 0.226 e. The van der Waals surface area contributed by atoms with Crippen molar-refractivity contribution in [2.45, 2.75) is 31.8 Å². The summed E-state index contributed by atoms with van der Waals surface area (Å²) in [6.07, 6.45) is 3.16. The van der Waals surface area contributed by atoms with Crippen molar-refractivity contribution in [2.75, 3.05) is 6.54 Å². The molecule has 3 aliphatic rings. The Morgan fingerprint density at radius 3 is 2.35 bits per heavy atom. The molecule has 4 rings (SSSR count). The summed E-state index contributed by atoms with van der Waals surface area (Å²) < 4.78 is 0. The van der Waals surface area contributed by atoms with E-state index in [1.807, 2.05) is 0 Å². The van der Waals surface area contributed by atoms with Crippen LogP contribution < -0.4 is 5.73 Å². The number of carbonyl (C=O) groups excluding carboxylic acids is 1. The van der Waals surface area contributed by atoms with Crippen molar-refractivity contribution >= 4 is 5.91 Å². The molecular weight excluding hydrogens is 212 g/mol. The van der Waals surface area contributed by atoms with Crippen LogP contribution >= 0.6 is 0 Å². The summed E-state index contributed by atoms with van der Waals surface area (Å²) in [6.45, 7) is 1.47. The number of benzene rings is 1. The van der Waals surface area contributed by atoms with Crippen LogP contribution in [0.5, 0.6) is 0 Å². The normalized spacial score (nSPS) is 26.2. The van der Waals surface area contributed by atoms with E-state index in [4.69, 9.17) is 5.73 Å². The highest BCUT2D eigenvalue weighted by Gasteiger charge is 2.49. The second kappa shape index (κ2) is 4.15. The van der Waals surface area contributed by atoms with E-state index in [2.05, 4.69) is 29.2 Å². The number of hydrogen-bond donors (Lipinski definition) is 1. The molecule has 2 heterocycles. The highest BCUT2D eigenvalue weighted by molar-refractivity contribution is 5.84. The van der Waals surface area contributed by atoms with Gasteiger partial charge in [-0.2, -0.15) is 0 Å². The van der Waals surface area contributed by atoms with E-state index in [-0.39, 0.29) is 0 Å². The van der Waals surface area contributed by atoms with Crippen LogP contribution in [0.1, 0.15) is 24.0 Å². The Hall–Kier alpha value is -1.35. The van der Waals surface area contributed by atoms with Gasteiger partial charge in [0.1, 0.15) is 0 Å². The van der Waals surface area contributed by atoms with Gasteiger partial charge >= 0.3 is 0 Å². The molecule has 2 aliphatic heterocycles. The molecule has 0 radical (unpaired) electrons. The van der Waals surface area contributed by atoms with Crippen molar-refractivity contribution in [1.82, 2.24) is 4.90 Å². The highest BCUT2D eigenvalue weighted by atomic mass is 16.2. The van der Waals surface area contributed by atoms with Crippen LogP contribution in [-0.2, 0) is 17.8 Å². The lowest BCUT2D eigenvalue weighted by atomic mass is 9.86. The first-order valence-electron chi connectivity index (χ1n) is 6.36. The fourth-order valence-corrected chi connectivity index (χ4v) is 2.84. The van der Waals surface area contributed by atoms with Crippen molar-refractivity contribution in [1.29, 1.82) is 0 Å². The largest absolute Gasteiger partial charge is 0.339 e. The lowest BCUT2D eigenvalue weighted by Crippen LogP contribution is -2.31. The third kappa shape index (κ3) is 1.84. The average Bonchev–Trinajstić information content (AvgIpc) is 2.77. The monoisotopic (exact) mass is 230 g/mol. The van der Waals surface area contributed by atoms with Crippen LogP contribution in [-0.4, -0.2) is 23.4 Å². The molecule has 0 atom stereocenters. The molecule has 0 unspecified atom stereocenters. The predicted molar refractivity (Wildman–Crippen MR) is 66.3 cm³/mol. The fraction of sp³-hybridized carbons (Fsp3) is 0.500. The Kier molecular flexibility index (Phi) is 2.63. The number of nitrogens with two attached hydrogens (primary N) is 1. The number of fused-ring (bicyclic) bond motifs is 1. The maximum Gasteiger partial charge on any atom is 0.226 e. The van der Waals surface area contributed by atoms with Gasteiger partial charge in [-0.15, -0.1) is 0 Å². The standard InChI is InChI=1S/C14H18N2O/c15-9-11-3-1-10(2-4-11)5-6-16-13-7-12(8-13)14(16)17/h1-4,12-13H,5-9,15H2. The Labute approximate surface area is 102 Å². The molecule has 90 valence electrons. The minimum atomic E-state index is 0.361. The second-order valence-electron chi connectivity index (χ2n) is 5.12. The summed E-state index contributed by atoms with van der Waals surface area (Å²) in [5.74, 6) is 0.744. The van der Waals surface area contributed by atoms with E-state index in [1.165, 1.54) is 5.56 Å². The van der Waals surface area contributed by atoms with Crippen LogP contribution in [0.2, 0.25) is 0 Å². The first-order valence-corrected chi connectivity index (χ1v) is 6.36. The molecule has 17 heavy (non-hydrogen) atoms. The fourth-order valence-electron chi connectivity index (χ4n) is 2.84. The average molecular weight is 230 g/mol. The molecule has 0 spiro atoms. The van der Waals surface area contributed by atoms with E-state index >= 15 is 0 Å². The summed E-state index contributed by atoms with van der Waals surface area (Å²) in [7, 11) is 0. The van der Waals surface area contributed by atoms with Crippen LogP contribution in [0.25, 0.3) is 0 Å². The molecule has 1 aliphatic carbocycles. The van der Waals surface area contributed by atoms with Crippen molar-refractivity contribution < 1.29 is 4.79 Å². The van der Waals surface area contributed by atoms with Gasteiger partial charge in [-0.25, -0.2) is 0 Å². The maximum atomic E-state index is 11.8. The zero-order valence-electron chi connectivity index (χ0n) is 9.93. The van der Waals surface area contributed by atoms with E-state index < -0.39 is 0 Å². The molecule has 3 nitrogen and oxygen atoms in total. The van der Waals surface area contributed by atoms with Gasteiger partial charge < -0.3 is 10.6 Å². The number of hydrogen-bond acceptors (Lipinski definition) is 2. The lowest BCUT2D eigenvalue weighted by Gasteiger charge is -2.24. The van der Waals surface area contributed by atoms with Gasteiger partial charge in [-0.1, -0.05) is 24.3 Å². The van der Waals surface area contributed by atoms with E-state index in [1.54, 1.807) is 0 Å². The molecule has 1 amide bonds. The second-order valence-corrected chi connectivity index (χ2v) is 5.12. The van der Waals surface area contributed by atoms with E-state index in [9.17, 15) is 4.79 Å². The van der Waals surface area contributed by atoms with Gasteiger partial charge in [0.05, 0.1) is 0 Å². The Bertz CT molecular complexity index is 420. The SMILES string of the molecule is NCc1ccc(CCN2C(=O)C3CC2C3)cc1. The van der Waals surface area contributed by atoms with Crippen molar-refractivity contribution in [3.8, 4) is 0 Å². The van der Waals surface area contributed by atoms with E-state index in [0.29, 0.717) is 24.4 Å². The summed E-state index contributed by atoms with van der Waals surface area (Å²) >= 11 is 0. The quantitative estimate of drug-likeness (QED) is 0.847. The summed E-state index contributed by atoms with van der Waals surface area (Å²) in [4.78, 5) is 13.8. The molecule has 2 bridgehead atoms. The molecule has 3 heteroatoms. The third-order valence-corrected chi connectivity index (χ3v) is 4.09. The topological polar surface area (TPSA) is 46.3 Å². The summed E-state index contributed by atoms with van der Waals surface area (Å²) in [6, 6.07) is 8.93. The first kappa shape index (κ1) is 10.8. The van der Waals surface area contributed by atoms with Gasteiger partial charge in [0.2, 0.25) is 5.91 Å². The van der Waals surface area contributed by atoms with E-state index in [0.717, 1.165) is 31.4 Å². The lowest BCUT2D eigenvalue weighted by molar-refractivity contribution is -0.128. The van der Waals surface area contributed by atoms with Crippen molar-refractivity contribution in [2.24, 2.45) is 11.7 Å². The number of nitrogens with zero attached hydrogens (tertiary/aromatic N) is 1. The van der Waals surface area contributed by atoms with Crippen molar-refractivity contribution in [3.63, 3.8) is 0 Å². The number of carbonyl (C=O) groups is 1. The van der Waals surface area contributed by atoms with Gasteiger partial charge in [0.25, 0.3) is 0 Å². The van der Waals surface area contributed by atoms with Crippen LogP contribution in [0, 0.1) is 5.92 Å². The predicted octanol–water partition coefficient (Wildman–Crippen LogP) is 1.31. The molecule has 2 saturated heterocycles. The molecular formula is C14H18N2O. The summed E-state index contributed by atoms with van der Waals surface area (Å²) in [5.41, 5.74) is 8.01. The molecule has 0 aromatic heterocycles. The number of rotatable bonds is 4. The van der Waals surface area contributed by atoms with Gasteiger partial charge in [0, 0.05) is 25.0 Å². The van der Waals surface area contributed by atoms with Crippen LogP contribution in [0.4, 0.5) is 0 Å². The van der Waals surface area contributed by atoms with Crippen molar-refractivity contribution in [3.05, 3.63) is 35.4 Å². The molecule has 1 aromatic carbocycles. The highest BCUT2D eigenvalue weighted by Crippen LogP contribution is 2.41. The van der Waals surface area contributed by atoms with Crippen LogP contribution in [0.15, 0.2) is 24.3 Å². The number of amides is 1. The Balaban J connectivity index is 1.58. The summed E-state index contributed by atoms with van der Waals surface area (Å²) in [5, 5.41) is 0. The molecule has 2 N–H and O–H groups in total. The minimum Gasteiger partial charge on any atom is -0.339 e. The minimum absolute atomic E-state index is 0.361. The third-order valence-electron chi connectivity index (χ3n) is 4.09. The molecule has 3 fully saturated rings. The van der Waals surface area contributed by atoms with Crippen LogP contribution in [0.3, 0.4) is 0 Å². The Morgan fingerprint density at radius 2 is 1.82 bits per heavy atom. The zero-order chi connectivity index (χ0) is 11.8. The first-order chi connectivity index (χ1) is 8.28.